The molecule has 114 valence electrons. The van der Waals surface area contributed by atoms with E-state index < -0.39 is 36.1 Å². The summed E-state index contributed by atoms with van der Waals surface area (Å²) < 4.78 is 0. The van der Waals surface area contributed by atoms with Crippen LogP contribution in [0.25, 0.3) is 0 Å². The van der Waals surface area contributed by atoms with Gasteiger partial charge in [-0.2, -0.15) is 0 Å². The quantitative estimate of drug-likeness (QED) is 0.521. The fourth-order valence-electron chi connectivity index (χ4n) is 2.36. The van der Waals surface area contributed by atoms with Crippen LogP contribution >= 0.6 is 0 Å². The van der Waals surface area contributed by atoms with Crippen LogP contribution in [0.1, 0.15) is 26.7 Å². The maximum atomic E-state index is 12.4. The first-order valence-electron chi connectivity index (χ1n) is 6.49. The summed E-state index contributed by atoms with van der Waals surface area (Å²) in [5, 5.41) is 21.0. The van der Waals surface area contributed by atoms with E-state index in [1.807, 2.05) is 13.8 Å². The second kappa shape index (κ2) is 6.56. The van der Waals surface area contributed by atoms with Crippen molar-refractivity contribution in [1.82, 2.24) is 10.2 Å². The van der Waals surface area contributed by atoms with Gasteiger partial charge >= 0.3 is 12.0 Å². The summed E-state index contributed by atoms with van der Waals surface area (Å²) in [6, 6.07) is -2.78. The molecule has 0 aromatic rings. The number of hydrogen-bond donors (Lipinski definition) is 4. The second-order valence-electron chi connectivity index (χ2n) is 5.42. The number of amides is 3. The van der Waals surface area contributed by atoms with E-state index in [0.717, 1.165) is 4.90 Å². The Labute approximate surface area is 116 Å². The second-order valence-corrected chi connectivity index (χ2v) is 5.42. The molecular formula is C12H21N3O5. The van der Waals surface area contributed by atoms with Crippen molar-refractivity contribution in [2.75, 3.05) is 6.54 Å². The molecule has 1 aliphatic heterocycles. The zero-order valence-corrected chi connectivity index (χ0v) is 11.6. The molecular weight excluding hydrogens is 266 g/mol. The predicted molar refractivity (Wildman–Crippen MR) is 69.7 cm³/mol. The largest absolute Gasteiger partial charge is 0.480 e. The summed E-state index contributed by atoms with van der Waals surface area (Å²) in [5.41, 5.74) is 5.04. The maximum Gasteiger partial charge on any atom is 0.326 e. The third kappa shape index (κ3) is 4.09. The standard InChI is InChI=1S/C12H21N3O5/c1-6(2)3-8(14-12(13)20)10(17)15-5-7(16)4-9(15)11(18)19/h6-9,16H,3-5H2,1-2H3,(H,18,19)(H3,13,14,20)/t7-,8?,9+/m1/s1. The van der Waals surface area contributed by atoms with E-state index in [-0.39, 0.29) is 18.9 Å². The van der Waals surface area contributed by atoms with Crippen LogP contribution < -0.4 is 11.1 Å². The first kappa shape index (κ1) is 16.2. The molecule has 1 saturated heterocycles. The molecule has 3 amide bonds. The minimum Gasteiger partial charge on any atom is -0.480 e. The molecule has 8 heteroatoms. The van der Waals surface area contributed by atoms with Gasteiger partial charge in [0.05, 0.1) is 6.10 Å². The van der Waals surface area contributed by atoms with Gasteiger partial charge in [-0.25, -0.2) is 9.59 Å². The van der Waals surface area contributed by atoms with E-state index >= 15 is 0 Å². The van der Waals surface area contributed by atoms with Crippen LogP contribution in [-0.4, -0.2) is 57.8 Å². The molecule has 0 aromatic carbocycles. The highest BCUT2D eigenvalue weighted by Gasteiger charge is 2.41. The van der Waals surface area contributed by atoms with Gasteiger partial charge in [-0.1, -0.05) is 13.8 Å². The number of urea groups is 1. The number of carbonyl (C=O) groups excluding carboxylic acids is 2. The summed E-state index contributed by atoms with van der Waals surface area (Å²) in [6.07, 6.45) is -0.527. The molecule has 0 spiro atoms. The number of primary amides is 1. The van der Waals surface area contributed by atoms with Gasteiger partial charge in [0.25, 0.3) is 0 Å². The lowest BCUT2D eigenvalue weighted by Crippen LogP contribution is -2.53. The molecule has 0 aromatic heterocycles. The van der Waals surface area contributed by atoms with Crippen LogP contribution in [0.3, 0.4) is 0 Å². The van der Waals surface area contributed by atoms with Gasteiger partial charge in [0.15, 0.2) is 0 Å². The van der Waals surface area contributed by atoms with E-state index in [2.05, 4.69) is 5.32 Å². The highest BCUT2D eigenvalue weighted by Crippen LogP contribution is 2.20. The molecule has 0 saturated carbocycles. The van der Waals surface area contributed by atoms with Crippen molar-refractivity contribution in [2.24, 2.45) is 11.7 Å². The van der Waals surface area contributed by atoms with Crippen molar-refractivity contribution in [3.8, 4) is 0 Å². The highest BCUT2D eigenvalue weighted by atomic mass is 16.4. The minimum atomic E-state index is -1.17. The summed E-state index contributed by atoms with van der Waals surface area (Å²) >= 11 is 0. The van der Waals surface area contributed by atoms with Crippen LogP contribution in [-0.2, 0) is 9.59 Å². The molecule has 5 N–H and O–H groups in total. The first-order valence-corrected chi connectivity index (χ1v) is 6.49. The fraction of sp³-hybridized carbons (Fsp3) is 0.750. The van der Waals surface area contributed by atoms with Gasteiger partial charge in [-0.3, -0.25) is 4.79 Å². The van der Waals surface area contributed by atoms with Crippen molar-refractivity contribution >= 4 is 17.9 Å². The number of nitrogens with zero attached hydrogens (tertiary/aromatic N) is 1. The zero-order chi connectivity index (χ0) is 15.4. The summed E-state index contributed by atoms with van der Waals surface area (Å²) in [7, 11) is 0. The third-order valence-corrected chi connectivity index (χ3v) is 3.17. The van der Waals surface area contributed by atoms with E-state index in [9.17, 15) is 19.5 Å². The smallest absolute Gasteiger partial charge is 0.326 e. The van der Waals surface area contributed by atoms with Gasteiger partial charge in [-0.05, 0) is 12.3 Å². The molecule has 20 heavy (non-hydrogen) atoms. The molecule has 1 rings (SSSR count). The van der Waals surface area contributed by atoms with Crippen LogP contribution in [0.4, 0.5) is 4.79 Å². The topological polar surface area (TPSA) is 133 Å². The molecule has 1 heterocycles. The number of aliphatic carboxylic acids is 1. The van der Waals surface area contributed by atoms with Gasteiger partial charge in [0.1, 0.15) is 12.1 Å². The Morgan fingerprint density at radius 1 is 1.40 bits per heavy atom. The normalized spacial score (nSPS) is 23.7. The van der Waals surface area contributed by atoms with E-state index in [1.165, 1.54) is 0 Å². The molecule has 1 fully saturated rings. The summed E-state index contributed by atoms with van der Waals surface area (Å²) in [4.78, 5) is 35.5. The first-order chi connectivity index (χ1) is 9.22. The van der Waals surface area contributed by atoms with Gasteiger partial charge < -0.3 is 26.2 Å². The van der Waals surface area contributed by atoms with Gasteiger partial charge in [0, 0.05) is 13.0 Å². The van der Waals surface area contributed by atoms with E-state index in [0.29, 0.717) is 6.42 Å². The molecule has 0 radical (unpaired) electrons. The van der Waals surface area contributed by atoms with Crippen molar-refractivity contribution in [3.05, 3.63) is 0 Å². The molecule has 8 nitrogen and oxygen atoms in total. The van der Waals surface area contributed by atoms with Crippen molar-refractivity contribution in [2.45, 2.75) is 44.9 Å². The number of carbonyl (C=O) groups is 3. The molecule has 1 unspecified atom stereocenters. The number of nitrogens with one attached hydrogen (secondary N) is 1. The van der Waals surface area contributed by atoms with Gasteiger partial charge in [-0.15, -0.1) is 0 Å². The van der Waals surface area contributed by atoms with Gasteiger partial charge in [0.2, 0.25) is 5.91 Å². The molecule has 0 bridgehead atoms. The number of aliphatic hydroxyl groups is 1. The summed E-state index contributed by atoms with van der Waals surface area (Å²) in [5.74, 6) is -1.58. The van der Waals surface area contributed by atoms with Crippen LogP contribution in [0, 0.1) is 5.92 Å². The van der Waals surface area contributed by atoms with Crippen LogP contribution in [0.2, 0.25) is 0 Å². The van der Waals surface area contributed by atoms with Crippen molar-refractivity contribution < 1.29 is 24.6 Å². The highest BCUT2D eigenvalue weighted by molar-refractivity contribution is 5.90. The number of nitrogens with two attached hydrogens (primary N) is 1. The SMILES string of the molecule is CC(C)CC(NC(N)=O)C(=O)N1C[C@H](O)C[C@H]1C(=O)O. The average Bonchev–Trinajstić information content (AvgIpc) is 2.68. The Bertz CT molecular complexity index is 399. The lowest BCUT2D eigenvalue weighted by atomic mass is 10.0. The third-order valence-electron chi connectivity index (χ3n) is 3.17. The van der Waals surface area contributed by atoms with Crippen molar-refractivity contribution in [3.63, 3.8) is 0 Å². The Hall–Kier alpha value is -1.83. The number of carboxylic acids is 1. The zero-order valence-electron chi connectivity index (χ0n) is 11.6. The minimum absolute atomic E-state index is 0.00789. The lowest BCUT2D eigenvalue weighted by Gasteiger charge is -2.27. The number of rotatable bonds is 5. The Balaban J connectivity index is 2.86. The molecule has 3 atom stereocenters. The number of likely N-dealkylation sites (tertiary alicyclic amines) is 1. The van der Waals surface area contributed by atoms with E-state index in [1.54, 1.807) is 0 Å². The lowest BCUT2D eigenvalue weighted by molar-refractivity contribution is -0.149. The molecule has 1 aliphatic rings. The Morgan fingerprint density at radius 3 is 2.45 bits per heavy atom. The Kier molecular flexibility index (Phi) is 5.32. The average molecular weight is 287 g/mol. The summed E-state index contributed by atoms with van der Waals surface area (Å²) in [6.45, 7) is 3.69. The number of aliphatic hydroxyl groups excluding tert-OH is 1. The fourth-order valence-corrected chi connectivity index (χ4v) is 2.36. The predicted octanol–water partition coefficient (Wildman–Crippen LogP) is -0.884. The number of β-amino-alcohol motifs (C(OH)–C–C–N with tert-alkyl or cyclic N) is 1. The van der Waals surface area contributed by atoms with E-state index in [4.69, 9.17) is 10.8 Å². The maximum absolute atomic E-state index is 12.4. The van der Waals surface area contributed by atoms with Crippen LogP contribution in [0.5, 0.6) is 0 Å². The monoisotopic (exact) mass is 287 g/mol. The van der Waals surface area contributed by atoms with Crippen LogP contribution in [0.15, 0.2) is 0 Å². The molecule has 0 aliphatic carbocycles. The van der Waals surface area contributed by atoms with Crippen molar-refractivity contribution in [1.29, 1.82) is 0 Å². The number of hydrogen-bond acceptors (Lipinski definition) is 4. The Morgan fingerprint density at radius 2 is 2.00 bits per heavy atom. The number of carboxylic acid groups (broad SMARTS) is 1.